The van der Waals surface area contributed by atoms with E-state index in [4.69, 9.17) is 0 Å². The molecule has 0 saturated carbocycles. The smallest absolute Gasteiger partial charge is 0.249 e. The maximum Gasteiger partial charge on any atom is 0.249 e. The molecule has 0 aromatic rings. The van der Waals surface area contributed by atoms with Gasteiger partial charge in [-0.05, 0) is 48.5 Å². The summed E-state index contributed by atoms with van der Waals surface area (Å²) in [6, 6.07) is 0.268. The first-order chi connectivity index (χ1) is 9.63. The average Bonchev–Trinajstić information content (AvgIpc) is 2.40. The summed E-state index contributed by atoms with van der Waals surface area (Å²) in [7, 11) is 0. The standard InChI is InChI=1S/C9H17NO.C8H15NO/c1-6-10(8(4)5)9(11)7(2)3;1-5-9(6-2)8(10)7(3)4/h8H,2,6H2,1,3-5H3;3,5-6H2,1-2,4H3. The van der Waals surface area contributed by atoms with E-state index in [0.29, 0.717) is 11.1 Å². The highest BCUT2D eigenvalue weighted by Crippen LogP contribution is 2.03. The van der Waals surface area contributed by atoms with Crippen LogP contribution in [-0.4, -0.2) is 47.3 Å². The fraction of sp³-hybridized carbons (Fsp3) is 0.647. The summed E-state index contributed by atoms with van der Waals surface area (Å²) < 4.78 is 0. The Labute approximate surface area is 130 Å². The van der Waals surface area contributed by atoms with Crippen LogP contribution in [-0.2, 0) is 9.59 Å². The van der Waals surface area contributed by atoms with Crippen molar-refractivity contribution in [1.29, 1.82) is 0 Å². The van der Waals surface area contributed by atoms with Crippen LogP contribution in [0.15, 0.2) is 24.3 Å². The molecular formula is C17H32N2O2. The predicted octanol–water partition coefficient (Wildman–Crippen LogP) is 3.25. The van der Waals surface area contributed by atoms with Crippen LogP contribution < -0.4 is 0 Å². The quantitative estimate of drug-likeness (QED) is 0.706. The van der Waals surface area contributed by atoms with Gasteiger partial charge >= 0.3 is 0 Å². The van der Waals surface area contributed by atoms with Crippen molar-refractivity contribution in [3.05, 3.63) is 24.3 Å². The van der Waals surface area contributed by atoms with Gasteiger partial charge < -0.3 is 9.80 Å². The van der Waals surface area contributed by atoms with Gasteiger partial charge in [-0.2, -0.15) is 0 Å². The minimum Gasteiger partial charge on any atom is -0.340 e. The second-order valence-electron chi connectivity index (χ2n) is 5.22. The van der Waals surface area contributed by atoms with Crippen molar-refractivity contribution in [2.45, 2.75) is 54.5 Å². The van der Waals surface area contributed by atoms with Crippen molar-refractivity contribution < 1.29 is 9.59 Å². The van der Waals surface area contributed by atoms with E-state index in [9.17, 15) is 9.59 Å². The van der Waals surface area contributed by atoms with Crippen LogP contribution in [0.1, 0.15) is 48.5 Å². The predicted molar refractivity (Wildman–Crippen MR) is 90.1 cm³/mol. The molecule has 0 aromatic heterocycles. The SMILES string of the molecule is C=C(C)C(=O)N(CC)C(C)C.C=C(C)C(=O)N(CC)CC. The lowest BCUT2D eigenvalue weighted by Crippen LogP contribution is -2.36. The zero-order chi connectivity index (χ0) is 17.2. The summed E-state index contributed by atoms with van der Waals surface area (Å²) in [6.07, 6.45) is 0. The highest BCUT2D eigenvalue weighted by Gasteiger charge is 2.14. The molecule has 0 atom stereocenters. The Morgan fingerprint density at radius 1 is 0.857 bits per heavy atom. The van der Waals surface area contributed by atoms with E-state index < -0.39 is 0 Å². The number of likely N-dealkylation sites (N-methyl/N-ethyl adjacent to an activating group) is 2. The third-order valence-electron chi connectivity index (χ3n) is 3.01. The number of hydrogen-bond donors (Lipinski definition) is 0. The van der Waals surface area contributed by atoms with Gasteiger partial charge in [0, 0.05) is 36.8 Å². The van der Waals surface area contributed by atoms with Crippen LogP contribution in [0, 0.1) is 0 Å². The first-order valence-corrected chi connectivity index (χ1v) is 7.55. The number of nitrogens with zero attached hydrogens (tertiary/aromatic N) is 2. The summed E-state index contributed by atoms with van der Waals surface area (Å²) in [4.78, 5) is 26.0. The van der Waals surface area contributed by atoms with E-state index in [1.165, 1.54) is 0 Å². The van der Waals surface area contributed by atoms with E-state index in [2.05, 4.69) is 13.2 Å². The van der Waals surface area contributed by atoms with Gasteiger partial charge in [0.1, 0.15) is 0 Å². The van der Waals surface area contributed by atoms with Crippen LogP contribution in [0.2, 0.25) is 0 Å². The Kier molecular flexibility index (Phi) is 11.5. The van der Waals surface area contributed by atoms with E-state index in [1.54, 1.807) is 23.6 Å². The van der Waals surface area contributed by atoms with Crippen molar-refractivity contribution in [3.8, 4) is 0 Å². The van der Waals surface area contributed by atoms with Crippen molar-refractivity contribution in [1.82, 2.24) is 9.80 Å². The summed E-state index contributed by atoms with van der Waals surface area (Å²) in [6.45, 7) is 22.9. The second-order valence-corrected chi connectivity index (χ2v) is 5.22. The Hall–Kier alpha value is -1.58. The number of amides is 2. The van der Waals surface area contributed by atoms with E-state index >= 15 is 0 Å². The minimum absolute atomic E-state index is 0.0579. The van der Waals surface area contributed by atoms with Gasteiger partial charge in [0.15, 0.2) is 0 Å². The van der Waals surface area contributed by atoms with Gasteiger partial charge in [-0.25, -0.2) is 0 Å². The highest BCUT2D eigenvalue weighted by atomic mass is 16.2. The topological polar surface area (TPSA) is 40.6 Å². The molecule has 0 heterocycles. The fourth-order valence-electron chi connectivity index (χ4n) is 1.77. The molecule has 0 aromatic carbocycles. The lowest BCUT2D eigenvalue weighted by Gasteiger charge is -2.24. The molecule has 4 nitrogen and oxygen atoms in total. The number of carbonyl (C=O) groups excluding carboxylic acids is 2. The molecule has 0 unspecified atom stereocenters. The molecule has 0 fully saturated rings. The molecule has 0 radical (unpaired) electrons. The first kappa shape index (κ1) is 21.7. The van der Waals surface area contributed by atoms with Crippen LogP contribution >= 0.6 is 0 Å². The fourth-order valence-corrected chi connectivity index (χ4v) is 1.77. The molecule has 0 rings (SSSR count). The van der Waals surface area contributed by atoms with Gasteiger partial charge in [0.25, 0.3) is 0 Å². The second kappa shape index (κ2) is 11.1. The summed E-state index contributed by atoms with van der Waals surface area (Å²) >= 11 is 0. The summed E-state index contributed by atoms with van der Waals surface area (Å²) in [5.74, 6) is 0.118. The van der Waals surface area contributed by atoms with E-state index in [0.717, 1.165) is 19.6 Å². The average molecular weight is 296 g/mol. The van der Waals surface area contributed by atoms with E-state index in [-0.39, 0.29) is 17.9 Å². The zero-order valence-corrected chi connectivity index (χ0v) is 14.8. The monoisotopic (exact) mass is 296 g/mol. The van der Waals surface area contributed by atoms with Crippen LogP contribution in [0.4, 0.5) is 0 Å². The maximum absolute atomic E-state index is 11.3. The van der Waals surface area contributed by atoms with Crippen LogP contribution in [0.3, 0.4) is 0 Å². The Balaban J connectivity index is 0. The Morgan fingerprint density at radius 2 is 1.24 bits per heavy atom. The lowest BCUT2D eigenvalue weighted by atomic mass is 10.2. The van der Waals surface area contributed by atoms with Gasteiger partial charge in [-0.1, -0.05) is 13.2 Å². The Morgan fingerprint density at radius 3 is 1.33 bits per heavy atom. The molecule has 21 heavy (non-hydrogen) atoms. The number of carbonyl (C=O) groups is 2. The molecule has 0 aliphatic carbocycles. The molecule has 0 spiro atoms. The van der Waals surface area contributed by atoms with Gasteiger partial charge in [0.05, 0.1) is 0 Å². The van der Waals surface area contributed by atoms with Gasteiger partial charge in [0.2, 0.25) is 11.8 Å². The van der Waals surface area contributed by atoms with Gasteiger partial charge in [-0.15, -0.1) is 0 Å². The van der Waals surface area contributed by atoms with Crippen LogP contribution in [0.25, 0.3) is 0 Å². The third-order valence-corrected chi connectivity index (χ3v) is 3.01. The molecule has 122 valence electrons. The number of hydrogen-bond acceptors (Lipinski definition) is 2. The third kappa shape index (κ3) is 8.33. The molecule has 0 N–H and O–H groups in total. The van der Waals surface area contributed by atoms with Crippen molar-refractivity contribution >= 4 is 11.8 Å². The lowest BCUT2D eigenvalue weighted by molar-refractivity contribution is -0.128. The Bertz CT molecular complexity index is 369. The zero-order valence-electron chi connectivity index (χ0n) is 14.8. The molecule has 0 aliphatic rings. The summed E-state index contributed by atoms with van der Waals surface area (Å²) in [5.41, 5.74) is 1.23. The largest absolute Gasteiger partial charge is 0.340 e. The van der Waals surface area contributed by atoms with Crippen molar-refractivity contribution in [2.24, 2.45) is 0 Å². The highest BCUT2D eigenvalue weighted by molar-refractivity contribution is 5.92. The molecule has 0 aliphatic heterocycles. The molecular weight excluding hydrogens is 264 g/mol. The van der Waals surface area contributed by atoms with Crippen molar-refractivity contribution in [2.75, 3.05) is 19.6 Å². The molecule has 4 heteroatoms. The minimum atomic E-state index is 0.0579. The normalized spacial score (nSPS) is 9.52. The first-order valence-electron chi connectivity index (χ1n) is 7.55. The maximum atomic E-state index is 11.3. The van der Waals surface area contributed by atoms with Gasteiger partial charge in [-0.3, -0.25) is 9.59 Å². The van der Waals surface area contributed by atoms with E-state index in [1.807, 2.05) is 34.6 Å². The van der Waals surface area contributed by atoms with Crippen molar-refractivity contribution in [3.63, 3.8) is 0 Å². The molecule has 2 amide bonds. The summed E-state index contributed by atoms with van der Waals surface area (Å²) in [5, 5.41) is 0. The molecule has 0 bridgehead atoms. The number of rotatable bonds is 6. The molecule has 0 saturated heterocycles. The van der Waals surface area contributed by atoms with Crippen LogP contribution in [0.5, 0.6) is 0 Å².